The van der Waals surface area contributed by atoms with E-state index in [0.29, 0.717) is 0 Å². The molecule has 0 heteroatoms. The van der Waals surface area contributed by atoms with Crippen LogP contribution in [0.25, 0.3) is 0 Å². The van der Waals surface area contributed by atoms with Gasteiger partial charge in [0.2, 0.25) is 0 Å². The first kappa shape index (κ1) is 12.0. The van der Waals surface area contributed by atoms with E-state index in [1.807, 2.05) is 0 Å². The van der Waals surface area contributed by atoms with Crippen molar-refractivity contribution < 1.29 is 0 Å². The van der Waals surface area contributed by atoms with Gasteiger partial charge in [-0.15, -0.1) is 0 Å². The Balaban J connectivity index is 1.72. The van der Waals surface area contributed by atoms with Crippen molar-refractivity contribution >= 4 is 0 Å². The number of fused-ring (bicyclic) bond motifs is 5. The van der Waals surface area contributed by atoms with Gasteiger partial charge in [0.1, 0.15) is 0 Å². The fourth-order valence-corrected chi connectivity index (χ4v) is 5.70. The molecule has 0 aliphatic heterocycles. The lowest BCUT2D eigenvalue weighted by atomic mass is 9.59. The third-order valence-corrected chi connectivity index (χ3v) is 6.50. The van der Waals surface area contributed by atoms with E-state index < -0.39 is 0 Å². The maximum Gasteiger partial charge on any atom is -0.0128 e. The van der Waals surface area contributed by atoms with Crippen molar-refractivity contribution in [2.24, 2.45) is 23.7 Å². The molecule has 102 valence electrons. The number of aryl methyl sites for hydroxylation is 2. The lowest BCUT2D eigenvalue weighted by molar-refractivity contribution is 0.109. The van der Waals surface area contributed by atoms with Gasteiger partial charge in [-0.25, -0.2) is 0 Å². The quantitative estimate of drug-likeness (QED) is 0.604. The summed E-state index contributed by atoms with van der Waals surface area (Å²) in [6, 6.07) is 7.22. The summed E-state index contributed by atoms with van der Waals surface area (Å²) in [7, 11) is 0. The molecule has 3 aliphatic rings. The lowest BCUT2D eigenvalue weighted by Gasteiger charge is -2.45. The molecule has 0 heterocycles. The molecule has 0 radical (unpaired) electrons. The molecule has 0 saturated heterocycles. The van der Waals surface area contributed by atoms with Crippen molar-refractivity contribution in [2.75, 3.05) is 0 Å². The number of hydrogen-bond acceptors (Lipinski definition) is 0. The third kappa shape index (κ3) is 1.79. The topological polar surface area (TPSA) is 0 Å². The smallest absolute Gasteiger partial charge is 0.0128 e. The zero-order chi connectivity index (χ0) is 13.0. The van der Waals surface area contributed by atoms with Gasteiger partial charge < -0.3 is 0 Å². The van der Waals surface area contributed by atoms with Gasteiger partial charge in [-0.05, 0) is 79.7 Å². The fraction of sp³-hybridized carbons (Fsp3) is 0.684. The zero-order valence-corrected chi connectivity index (χ0v) is 12.4. The van der Waals surface area contributed by atoms with Gasteiger partial charge >= 0.3 is 0 Å². The Bertz CT molecular complexity index is 487. The van der Waals surface area contributed by atoms with Crippen LogP contribution in [0.3, 0.4) is 0 Å². The van der Waals surface area contributed by atoms with Crippen molar-refractivity contribution in [3.63, 3.8) is 0 Å². The van der Waals surface area contributed by atoms with Crippen LogP contribution in [-0.2, 0) is 6.42 Å². The van der Waals surface area contributed by atoms with E-state index in [-0.39, 0.29) is 0 Å². The van der Waals surface area contributed by atoms with E-state index in [0.717, 1.165) is 29.6 Å². The SMILES string of the molecule is Cc1ccc2c(c1)C1CCC3CCC(C)C3C1CC2. The summed E-state index contributed by atoms with van der Waals surface area (Å²) in [5.74, 6) is 5.01. The normalized spacial score (nSPS) is 40.4. The maximum absolute atomic E-state index is 2.53. The van der Waals surface area contributed by atoms with Crippen molar-refractivity contribution in [3.8, 4) is 0 Å². The van der Waals surface area contributed by atoms with Gasteiger partial charge in [-0.2, -0.15) is 0 Å². The van der Waals surface area contributed by atoms with Crippen LogP contribution in [0.15, 0.2) is 18.2 Å². The molecule has 2 saturated carbocycles. The first-order valence-electron chi connectivity index (χ1n) is 8.33. The molecule has 0 spiro atoms. The second-order valence-electron chi connectivity index (χ2n) is 7.48. The zero-order valence-electron chi connectivity index (χ0n) is 12.4. The summed E-state index contributed by atoms with van der Waals surface area (Å²) in [5, 5.41) is 0. The van der Waals surface area contributed by atoms with Crippen LogP contribution in [0.4, 0.5) is 0 Å². The summed E-state index contributed by atoms with van der Waals surface area (Å²) in [6.07, 6.45) is 8.80. The van der Waals surface area contributed by atoms with Gasteiger partial charge in [-0.3, -0.25) is 0 Å². The van der Waals surface area contributed by atoms with E-state index in [1.54, 1.807) is 11.1 Å². The first-order valence-corrected chi connectivity index (χ1v) is 8.33. The predicted octanol–water partition coefficient (Wildman–Crippen LogP) is 5.10. The molecule has 0 N–H and O–H groups in total. The Morgan fingerprint density at radius 1 is 1.00 bits per heavy atom. The molecular weight excluding hydrogens is 228 g/mol. The molecule has 4 rings (SSSR count). The van der Waals surface area contributed by atoms with Crippen LogP contribution < -0.4 is 0 Å². The third-order valence-electron chi connectivity index (χ3n) is 6.50. The second kappa shape index (κ2) is 4.36. The Morgan fingerprint density at radius 2 is 1.84 bits per heavy atom. The van der Waals surface area contributed by atoms with Crippen molar-refractivity contribution in [3.05, 3.63) is 34.9 Å². The number of rotatable bonds is 0. The van der Waals surface area contributed by atoms with E-state index in [1.165, 1.54) is 44.1 Å². The molecule has 3 aliphatic carbocycles. The van der Waals surface area contributed by atoms with E-state index in [9.17, 15) is 0 Å². The highest BCUT2D eigenvalue weighted by atomic mass is 14.5. The highest BCUT2D eigenvalue weighted by Crippen LogP contribution is 2.56. The molecule has 0 nitrogen and oxygen atoms in total. The van der Waals surface area contributed by atoms with Gasteiger partial charge in [0.15, 0.2) is 0 Å². The largest absolute Gasteiger partial charge is 0.0622 e. The summed E-state index contributed by atoms with van der Waals surface area (Å²) < 4.78 is 0. The highest BCUT2D eigenvalue weighted by Gasteiger charge is 2.46. The predicted molar refractivity (Wildman–Crippen MR) is 80.3 cm³/mol. The van der Waals surface area contributed by atoms with Crippen LogP contribution in [0.5, 0.6) is 0 Å². The fourth-order valence-electron chi connectivity index (χ4n) is 5.70. The van der Waals surface area contributed by atoms with Crippen LogP contribution in [0, 0.1) is 30.6 Å². The second-order valence-corrected chi connectivity index (χ2v) is 7.48. The van der Waals surface area contributed by atoms with Gasteiger partial charge in [-0.1, -0.05) is 37.1 Å². The minimum absolute atomic E-state index is 0.894. The van der Waals surface area contributed by atoms with E-state index in [2.05, 4.69) is 32.0 Å². The van der Waals surface area contributed by atoms with E-state index in [4.69, 9.17) is 0 Å². The molecule has 0 bridgehead atoms. The first-order chi connectivity index (χ1) is 9.24. The van der Waals surface area contributed by atoms with Crippen LogP contribution in [0.2, 0.25) is 0 Å². The number of hydrogen-bond donors (Lipinski definition) is 0. The van der Waals surface area contributed by atoms with Gasteiger partial charge in [0, 0.05) is 0 Å². The average molecular weight is 254 g/mol. The molecule has 0 aromatic heterocycles. The Hall–Kier alpha value is -0.780. The molecule has 5 atom stereocenters. The Kier molecular flexibility index (Phi) is 2.76. The van der Waals surface area contributed by atoms with E-state index >= 15 is 0 Å². The van der Waals surface area contributed by atoms with Crippen LogP contribution in [0.1, 0.15) is 61.6 Å². The minimum atomic E-state index is 0.894. The monoisotopic (exact) mass is 254 g/mol. The molecule has 1 aromatic carbocycles. The summed E-state index contributed by atoms with van der Waals surface area (Å²) in [5.41, 5.74) is 4.85. The highest BCUT2D eigenvalue weighted by molar-refractivity contribution is 5.37. The Morgan fingerprint density at radius 3 is 2.74 bits per heavy atom. The summed E-state index contributed by atoms with van der Waals surface area (Å²) in [4.78, 5) is 0. The maximum atomic E-state index is 2.53. The van der Waals surface area contributed by atoms with Crippen molar-refractivity contribution in [1.29, 1.82) is 0 Å². The summed E-state index contributed by atoms with van der Waals surface area (Å²) >= 11 is 0. The minimum Gasteiger partial charge on any atom is -0.0622 e. The summed E-state index contributed by atoms with van der Waals surface area (Å²) in [6.45, 7) is 4.78. The molecule has 2 fully saturated rings. The molecule has 19 heavy (non-hydrogen) atoms. The molecular formula is C19H26. The Labute approximate surface area is 117 Å². The van der Waals surface area contributed by atoms with Gasteiger partial charge in [0.05, 0.1) is 0 Å². The molecule has 1 aromatic rings. The van der Waals surface area contributed by atoms with Gasteiger partial charge in [0.25, 0.3) is 0 Å². The van der Waals surface area contributed by atoms with Crippen molar-refractivity contribution in [2.45, 2.75) is 58.3 Å². The van der Waals surface area contributed by atoms with Crippen molar-refractivity contribution in [1.82, 2.24) is 0 Å². The molecule has 0 amide bonds. The average Bonchev–Trinajstić information content (AvgIpc) is 2.80. The molecule has 5 unspecified atom stereocenters. The lowest BCUT2D eigenvalue weighted by Crippen LogP contribution is -2.36. The van der Waals surface area contributed by atoms with Crippen LogP contribution in [-0.4, -0.2) is 0 Å². The standard InChI is InChI=1S/C19H26/c1-12-3-5-14-7-10-17-16(18(14)11-12)9-8-15-6-4-13(2)19(15)17/h3,5,11,13,15-17,19H,4,6-10H2,1-2H3. The van der Waals surface area contributed by atoms with Crippen LogP contribution >= 0.6 is 0 Å². The number of benzene rings is 1.